The van der Waals surface area contributed by atoms with Crippen molar-refractivity contribution in [1.29, 1.82) is 0 Å². The van der Waals surface area contributed by atoms with Crippen LogP contribution in [-0.2, 0) is 11.3 Å². The van der Waals surface area contributed by atoms with Gasteiger partial charge in [0.2, 0.25) is 0 Å². The molecule has 4 rings (SSSR count). The molecule has 2 unspecified atom stereocenters. The van der Waals surface area contributed by atoms with E-state index in [1.165, 1.54) is 11.3 Å². The standard InChI is InChI=1S/C20H23N3O3S/c1-12-9-23(10-13(2)26-12)11-18-21-16-8-17(27-19(16)20(24)22-18)14-4-6-15(25-3)7-5-14/h4-8,12-13H,9-11H2,1-3H3,(H,21,22,24). The second kappa shape index (κ2) is 7.42. The first kappa shape index (κ1) is 18.2. The minimum atomic E-state index is -0.0749. The molecule has 2 atom stereocenters. The predicted octanol–water partition coefficient (Wildman–Crippen LogP) is 3.27. The van der Waals surface area contributed by atoms with Gasteiger partial charge in [0.25, 0.3) is 5.56 Å². The monoisotopic (exact) mass is 385 g/mol. The number of nitrogens with zero attached hydrogens (tertiary/aromatic N) is 2. The van der Waals surface area contributed by atoms with Crippen LogP contribution in [0.1, 0.15) is 19.7 Å². The lowest BCUT2D eigenvalue weighted by atomic mass is 10.2. The van der Waals surface area contributed by atoms with Gasteiger partial charge in [-0.25, -0.2) is 4.98 Å². The van der Waals surface area contributed by atoms with Crippen molar-refractivity contribution < 1.29 is 9.47 Å². The van der Waals surface area contributed by atoms with E-state index in [2.05, 4.69) is 23.7 Å². The van der Waals surface area contributed by atoms with Crippen molar-refractivity contribution >= 4 is 21.6 Å². The van der Waals surface area contributed by atoms with E-state index in [0.717, 1.165) is 34.8 Å². The van der Waals surface area contributed by atoms with Crippen LogP contribution >= 0.6 is 11.3 Å². The number of hydrogen-bond donors (Lipinski definition) is 1. The lowest BCUT2D eigenvalue weighted by Crippen LogP contribution is -2.45. The van der Waals surface area contributed by atoms with Gasteiger partial charge in [0.15, 0.2) is 0 Å². The zero-order chi connectivity index (χ0) is 19.0. The molecule has 27 heavy (non-hydrogen) atoms. The summed E-state index contributed by atoms with van der Waals surface area (Å²) in [6, 6.07) is 9.82. The molecule has 0 saturated carbocycles. The molecule has 0 spiro atoms. The number of benzene rings is 1. The number of ether oxygens (including phenoxy) is 2. The highest BCUT2D eigenvalue weighted by atomic mass is 32.1. The maximum absolute atomic E-state index is 12.6. The number of H-pyrrole nitrogens is 1. The van der Waals surface area contributed by atoms with Crippen molar-refractivity contribution in [3.05, 3.63) is 46.5 Å². The first-order valence-corrected chi connectivity index (χ1v) is 9.88. The van der Waals surface area contributed by atoms with E-state index in [1.807, 2.05) is 30.3 Å². The Kier molecular flexibility index (Phi) is 4.99. The predicted molar refractivity (Wildman–Crippen MR) is 108 cm³/mol. The third-order valence-corrected chi connectivity index (χ3v) is 5.85. The minimum Gasteiger partial charge on any atom is -0.497 e. The van der Waals surface area contributed by atoms with Crippen LogP contribution in [0.4, 0.5) is 0 Å². The molecule has 1 aliphatic rings. The third kappa shape index (κ3) is 3.90. The molecule has 1 aromatic carbocycles. The van der Waals surface area contributed by atoms with Crippen LogP contribution in [0.25, 0.3) is 20.7 Å². The van der Waals surface area contributed by atoms with E-state index in [9.17, 15) is 4.79 Å². The smallest absolute Gasteiger partial charge is 0.268 e. The lowest BCUT2D eigenvalue weighted by Gasteiger charge is -2.34. The van der Waals surface area contributed by atoms with Crippen molar-refractivity contribution in [3.8, 4) is 16.2 Å². The fourth-order valence-corrected chi connectivity index (χ4v) is 4.58. The highest BCUT2D eigenvalue weighted by molar-refractivity contribution is 7.22. The quantitative estimate of drug-likeness (QED) is 0.747. The van der Waals surface area contributed by atoms with Crippen molar-refractivity contribution in [1.82, 2.24) is 14.9 Å². The zero-order valence-corrected chi connectivity index (χ0v) is 16.5. The van der Waals surface area contributed by atoms with Crippen LogP contribution in [0.3, 0.4) is 0 Å². The number of fused-ring (bicyclic) bond motifs is 1. The summed E-state index contributed by atoms with van der Waals surface area (Å²) in [6.07, 6.45) is 0.374. The maximum Gasteiger partial charge on any atom is 0.268 e. The Balaban J connectivity index is 1.62. The minimum absolute atomic E-state index is 0.0749. The summed E-state index contributed by atoms with van der Waals surface area (Å²) in [5.41, 5.74) is 1.73. The van der Waals surface area contributed by atoms with Crippen LogP contribution in [0.2, 0.25) is 0 Å². The summed E-state index contributed by atoms with van der Waals surface area (Å²) in [6.45, 7) is 6.45. The first-order valence-electron chi connectivity index (χ1n) is 9.07. The second-order valence-electron chi connectivity index (χ2n) is 7.02. The lowest BCUT2D eigenvalue weighted by molar-refractivity contribution is -0.0710. The normalized spacial score (nSPS) is 20.9. The summed E-state index contributed by atoms with van der Waals surface area (Å²) in [7, 11) is 1.65. The molecule has 3 aromatic rings. The molecular weight excluding hydrogens is 362 g/mol. The molecule has 0 amide bonds. The van der Waals surface area contributed by atoms with Crippen molar-refractivity contribution in [3.63, 3.8) is 0 Å². The Morgan fingerprint density at radius 2 is 1.96 bits per heavy atom. The van der Waals surface area contributed by atoms with Gasteiger partial charge in [-0.15, -0.1) is 11.3 Å². The summed E-state index contributed by atoms with van der Waals surface area (Å²) < 4.78 is 11.6. The topological polar surface area (TPSA) is 67.5 Å². The van der Waals surface area contributed by atoms with Crippen LogP contribution in [0, 0.1) is 0 Å². The largest absolute Gasteiger partial charge is 0.497 e. The van der Waals surface area contributed by atoms with E-state index >= 15 is 0 Å². The average Bonchev–Trinajstić information content (AvgIpc) is 3.05. The molecule has 6 nitrogen and oxygen atoms in total. The highest BCUT2D eigenvalue weighted by Gasteiger charge is 2.23. The zero-order valence-electron chi connectivity index (χ0n) is 15.7. The Morgan fingerprint density at radius 3 is 2.63 bits per heavy atom. The van der Waals surface area contributed by atoms with Crippen LogP contribution < -0.4 is 10.3 Å². The van der Waals surface area contributed by atoms with E-state index in [1.54, 1.807) is 7.11 Å². The Morgan fingerprint density at radius 1 is 1.26 bits per heavy atom. The van der Waals surface area contributed by atoms with Gasteiger partial charge in [0.05, 0.1) is 31.4 Å². The van der Waals surface area contributed by atoms with Crippen molar-refractivity contribution in [2.75, 3.05) is 20.2 Å². The molecule has 2 aromatic heterocycles. The summed E-state index contributed by atoms with van der Waals surface area (Å²) in [5, 5.41) is 0. The molecule has 0 aliphatic carbocycles. The van der Waals surface area contributed by atoms with Gasteiger partial charge in [-0.2, -0.15) is 0 Å². The molecule has 0 radical (unpaired) electrons. The fraction of sp³-hybridized carbons (Fsp3) is 0.400. The summed E-state index contributed by atoms with van der Waals surface area (Å²) in [5.74, 6) is 1.51. The number of morpholine rings is 1. The van der Waals surface area contributed by atoms with Crippen LogP contribution in [0.15, 0.2) is 35.1 Å². The van der Waals surface area contributed by atoms with Gasteiger partial charge in [0.1, 0.15) is 16.3 Å². The van der Waals surface area contributed by atoms with Gasteiger partial charge < -0.3 is 14.5 Å². The molecule has 1 fully saturated rings. The van der Waals surface area contributed by atoms with E-state index in [0.29, 0.717) is 17.1 Å². The number of aromatic amines is 1. The van der Waals surface area contributed by atoms with Gasteiger partial charge in [-0.3, -0.25) is 9.69 Å². The number of hydrogen-bond acceptors (Lipinski definition) is 6. The second-order valence-corrected chi connectivity index (χ2v) is 8.07. The van der Waals surface area contributed by atoms with Crippen molar-refractivity contribution in [2.45, 2.75) is 32.6 Å². The molecule has 1 aliphatic heterocycles. The molecule has 3 heterocycles. The Hall–Kier alpha value is -2.22. The maximum atomic E-state index is 12.6. The van der Waals surface area contributed by atoms with Gasteiger partial charge in [0, 0.05) is 18.0 Å². The summed E-state index contributed by atoms with van der Waals surface area (Å²) >= 11 is 1.47. The third-order valence-electron chi connectivity index (χ3n) is 4.68. The summed E-state index contributed by atoms with van der Waals surface area (Å²) in [4.78, 5) is 23.5. The number of rotatable bonds is 4. The van der Waals surface area contributed by atoms with Crippen LogP contribution in [-0.4, -0.2) is 47.3 Å². The van der Waals surface area contributed by atoms with Crippen LogP contribution in [0.5, 0.6) is 5.75 Å². The molecule has 1 N–H and O–H groups in total. The SMILES string of the molecule is COc1ccc(-c2cc3nc(CN4CC(C)OC(C)C4)[nH]c(=O)c3s2)cc1. The Bertz CT molecular complexity index is 986. The fourth-order valence-electron chi connectivity index (χ4n) is 3.59. The van der Waals surface area contributed by atoms with E-state index in [-0.39, 0.29) is 17.8 Å². The van der Waals surface area contributed by atoms with Gasteiger partial charge in [-0.1, -0.05) is 0 Å². The first-order chi connectivity index (χ1) is 13.0. The van der Waals surface area contributed by atoms with E-state index in [4.69, 9.17) is 14.5 Å². The number of methoxy groups -OCH3 is 1. The van der Waals surface area contributed by atoms with Crippen molar-refractivity contribution in [2.24, 2.45) is 0 Å². The molecule has 7 heteroatoms. The Labute approximate surface area is 161 Å². The van der Waals surface area contributed by atoms with Gasteiger partial charge in [-0.05, 0) is 49.7 Å². The molecular formula is C20H23N3O3S. The number of nitrogens with one attached hydrogen (secondary N) is 1. The van der Waals surface area contributed by atoms with Gasteiger partial charge >= 0.3 is 0 Å². The molecule has 142 valence electrons. The molecule has 0 bridgehead atoms. The average molecular weight is 385 g/mol. The number of thiophene rings is 1. The highest BCUT2D eigenvalue weighted by Crippen LogP contribution is 2.31. The number of aromatic nitrogens is 2. The van der Waals surface area contributed by atoms with E-state index < -0.39 is 0 Å². The molecule has 1 saturated heterocycles.